The van der Waals surface area contributed by atoms with Crippen LogP contribution in [-0.2, 0) is 19.1 Å². The molecule has 0 saturated carbocycles. The average molecular weight is 403 g/mol. The van der Waals surface area contributed by atoms with Crippen molar-refractivity contribution in [3.8, 4) is 0 Å². The van der Waals surface area contributed by atoms with Crippen LogP contribution in [0.25, 0.3) is 0 Å². The smallest absolute Gasteiger partial charge is 0.408 e. The topological polar surface area (TPSA) is 84.9 Å². The van der Waals surface area contributed by atoms with Crippen LogP contribution in [0.4, 0.5) is 4.79 Å². The molecule has 2 amide bonds. The van der Waals surface area contributed by atoms with Gasteiger partial charge in [-0.1, -0.05) is 41.5 Å². The standard InChI is InChI=1S/C13H22N2O5.2C4H10/c1-13(2,3)20-12(18)14-8-10(16)15-7-5-6-9(15)11(17)19-4;2*1-4(2)3/h9H,5-8H2,1-4H3,(H,14,18);2*4H,1-3H3. The van der Waals surface area contributed by atoms with Crippen LogP contribution in [0.3, 0.4) is 0 Å². The third-order valence-electron chi connectivity index (χ3n) is 2.83. The Labute approximate surface area is 171 Å². The highest BCUT2D eigenvalue weighted by Gasteiger charge is 2.34. The second kappa shape index (κ2) is 14.2. The van der Waals surface area contributed by atoms with Gasteiger partial charge in [0.15, 0.2) is 0 Å². The van der Waals surface area contributed by atoms with E-state index in [1.54, 1.807) is 20.8 Å². The lowest BCUT2D eigenvalue weighted by Crippen LogP contribution is -2.46. The first-order valence-electron chi connectivity index (χ1n) is 10.0. The molecule has 1 rings (SSSR count). The summed E-state index contributed by atoms with van der Waals surface area (Å²) in [7, 11) is 1.29. The van der Waals surface area contributed by atoms with Crippen molar-refractivity contribution in [3.63, 3.8) is 0 Å². The number of likely N-dealkylation sites (tertiary alicyclic amines) is 1. The molecule has 0 aromatic rings. The quantitative estimate of drug-likeness (QED) is 0.721. The molecule has 1 unspecified atom stereocenters. The van der Waals surface area contributed by atoms with Gasteiger partial charge in [-0.25, -0.2) is 9.59 Å². The molecule has 1 N–H and O–H groups in total. The maximum atomic E-state index is 12.0. The van der Waals surface area contributed by atoms with E-state index in [-0.39, 0.29) is 12.5 Å². The van der Waals surface area contributed by atoms with Gasteiger partial charge in [-0.3, -0.25) is 4.79 Å². The third-order valence-corrected chi connectivity index (χ3v) is 2.83. The van der Waals surface area contributed by atoms with Crippen molar-refractivity contribution >= 4 is 18.0 Å². The van der Waals surface area contributed by atoms with Gasteiger partial charge < -0.3 is 19.7 Å². The number of ether oxygens (including phenoxy) is 2. The van der Waals surface area contributed by atoms with Crippen LogP contribution in [0.2, 0.25) is 0 Å². The van der Waals surface area contributed by atoms with E-state index in [1.807, 2.05) is 0 Å². The van der Waals surface area contributed by atoms with Gasteiger partial charge in [0, 0.05) is 6.54 Å². The van der Waals surface area contributed by atoms with E-state index in [1.165, 1.54) is 12.0 Å². The number of methoxy groups -OCH3 is 1. The van der Waals surface area contributed by atoms with E-state index < -0.39 is 23.7 Å². The molecular weight excluding hydrogens is 360 g/mol. The van der Waals surface area contributed by atoms with Crippen molar-refractivity contribution in [2.75, 3.05) is 20.2 Å². The number of nitrogens with one attached hydrogen (secondary N) is 1. The van der Waals surface area contributed by atoms with Gasteiger partial charge in [0.05, 0.1) is 7.11 Å². The predicted molar refractivity (Wildman–Crippen MR) is 112 cm³/mol. The zero-order valence-electron chi connectivity index (χ0n) is 19.5. The summed E-state index contributed by atoms with van der Waals surface area (Å²) >= 11 is 0. The van der Waals surface area contributed by atoms with Crippen molar-refractivity contribution in [2.45, 2.75) is 86.8 Å². The molecule has 0 aromatic carbocycles. The van der Waals surface area contributed by atoms with Gasteiger partial charge in [-0.2, -0.15) is 0 Å². The first kappa shape index (κ1) is 28.4. The van der Waals surface area contributed by atoms with E-state index in [4.69, 9.17) is 4.74 Å². The van der Waals surface area contributed by atoms with Crippen molar-refractivity contribution in [2.24, 2.45) is 11.8 Å². The van der Waals surface area contributed by atoms with Gasteiger partial charge in [-0.05, 0) is 45.4 Å². The second-order valence-corrected chi connectivity index (χ2v) is 9.09. The number of carbonyl (C=O) groups is 3. The first-order chi connectivity index (χ1) is 12.7. The van der Waals surface area contributed by atoms with Crippen LogP contribution in [0.1, 0.15) is 75.2 Å². The summed E-state index contributed by atoms with van der Waals surface area (Å²) in [5, 5.41) is 2.39. The Kier molecular flexibility index (Phi) is 14.5. The minimum atomic E-state index is -0.653. The van der Waals surface area contributed by atoms with Crippen molar-refractivity contribution in [3.05, 3.63) is 0 Å². The highest BCUT2D eigenvalue weighted by Crippen LogP contribution is 2.18. The number of hydrogen-bond donors (Lipinski definition) is 1. The molecule has 1 aliphatic heterocycles. The number of rotatable bonds is 3. The zero-order valence-corrected chi connectivity index (χ0v) is 19.5. The Balaban J connectivity index is 0. The Bertz CT molecular complexity index is 458. The van der Waals surface area contributed by atoms with E-state index in [2.05, 4.69) is 51.6 Å². The van der Waals surface area contributed by atoms with Crippen LogP contribution >= 0.6 is 0 Å². The first-order valence-corrected chi connectivity index (χ1v) is 10.0. The summed E-state index contributed by atoms with van der Waals surface area (Å²) in [5.74, 6) is 0.928. The summed E-state index contributed by atoms with van der Waals surface area (Å²) in [6, 6.07) is -0.548. The molecule has 1 aliphatic rings. The Morgan fingerprint density at radius 3 is 1.89 bits per heavy atom. The number of alkyl carbamates (subject to hydrolysis) is 1. The van der Waals surface area contributed by atoms with Gasteiger partial charge in [0.2, 0.25) is 5.91 Å². The summed E-state index contributed by atoms with van der Waals surface area (Å²) in [5.41, 5.74) is -0.616. The molecule has 1 atom stereocenters. The van der Waals surface area contributed by atoms with Crippen LogP contribution in [0.15, 0.2) is 0 Å². The Hall–Kier alpha value is -1.79. The van der Waals surface area contributed by atoms with E-state index >= 15 is 0 Å². The van der Waals surface area contributed by atoms with Crippen molar-refractivity contribution in [1.29, 1.82) is 0 Å². The van der Waals surface area contributed by atoms with Gasteiger partial charge in [0.25, 0.3) is 0 Å². The number of nitrogens with zero attached hydrogens (tertiary/aromatic N) is 1. The monoisotopic (exact) mass is 402 g/mol. The van der Waals surface area contributed by atoms with Crippen LogP contribution in [0, 0.1) is 11.8 Å². The fraction of sp³-hybridized carbons (Fsp3) is 0.857. The predicted octanol–water partition coefficient (Wildman–Crippen LogP) is 4.00. The van der Waals surface area contributed by atoms with E-state index in [9.17, 15) is 14.4 Å². The Morgan fingerprint density at radius 1 is 1.04 bits per heavy atom. The van der Waals surface area contributed by atoms with Crippen molar-refractivity contribution in [1.82, 2.24) is 10.2 Å². The molecule has 7 heteroatoms. The number of amides is 2. The SMILES string of the molecule is CC(C)C.CC(C)C.COC(=O)C1CCCN1C(=O)CNC(=O)OC(C)(C)C. The maximum absolute atomic E-state index is 12.0. The molecule has 28 heavy (non-hydrogen) atoms. The summed E-state index contributed by atoms with van der Waals surface area (Å²) in [6.07, 6.45) is 0.683. The highest BCUT2D eigenvalue weighted by atomic mass is 16.6. The lowest BCUT2D eigenvalue weighted by Gasteiger charge is -2.23. The molecule has 1 fully saturated rings. The lowest BCUT2D eigenvalue weighted by atomic mass is 10.2. The number of esters is 1. The third kappa shape index (κ3) is 16.4. The van der Waals surface area contributed by atoms with Crippen LogP contribution in [0.5, 0.6) is 0 Å². The lowest BCUT2D eigenvalue weighted by molar-refractivity contribution is -0.150. The molecule has 1 heterocycles. The number of carbonyl (C=O) groups excluding carboxylic acids is 3. The molecule has 0 aromatic heterocycles. The minimum Gasteiger partial charge on any atom is -0.467 e. The molecule has 166 valence electrons. The van der Waals surface area contributed by atoms with Gasteiger partial charge in [0.1, 0.15) is 18.2 Å². The molecule has 0 radical (unpaired) electrons. The molecule has 0 bridgehead atoms. The Morgan fingerprint density at radius 2 is 1.50 bits per heavy atom. The van der Waals surface area contributed by atoms with Gasteiger partial charge >= 0.3 is 12.1 Å². The van der Waals surface area contributed by atoms with Crippen molar-refractivity contribution < 1.29 is 23.9 Å². The van der Waals surface area contributed by atoms with Crippen LogP contribution < -0.4 is 5.32 Å². The molecular formula is C21H42N2O5. The van der Waals surface area contributed by atoms with E-state index in [0.29, 0.717) is 13.0 Å². The number of hydrogen-bond acceptors (Lipinski definition) is 5. The highest BCUT2D eigenvalue weighted by molar-refractivity contribution is 5.87. The van der Waals surface area contributed by atoms with Gasteiger partial charge in [-0.15, -0.1) is 0 Å². The van der Waals surface area contributed by atoms with Crippen LogP contribution in [-0.4, -0.2) is 54.7 Å². The molecule has 0 spiro atoms. The average Bonchev–Trinajstić information content (AvgIpc) is 2.98. The summed E-state index contributed by atoms with van der Waals surface area (Å²) in [4.78, 5) is 36.4. The van der Waals surface area contributed by atoms with E-state index in [0.717, 1.165) is 18.3 Å². The normalized spacial score (nSPS) is 15.9. The summed E-state index contributed by atoms with van der Waals surface area (Å²) in [6.45, 7) is 18.5. The second-order valence-electron chi connectivity index (χ2n) is 9.09. The fourth-order valence-corrected chi connectivity index (χ4v) is 2.01. The minimum absolute atomic E-state index is 0.192. The zero-order chi connectivity index (χ0) is 22.5. The molecule has 7 nitrogen and oxygen atoms in total. The molecule has 0 aliphatic carbocycles. The molecule has 1 saturated heterocycles. The largest absolute Gasteiger partial charge is 0.467 e. The maximum Gasteiger partial charge on any atom is 0.408 e. The summed E-state index contributed by atoms with van der Waals surface area (Å²) < 4.78 is 9.69. The fourth-order valence-electron chi connectivity index (χ4n) is 2.01.